The lowest BCUT2D eigenvalue weighted by Gasteiger charge is -1.97. The van der Waals surface area contributed by atoms with Crippen molar-refractivity contribution in [3.8, 4) is 0 Å². The summed E-state index contributed by atoms with van der Waals surface area (Å²) in [6, 6.07) is 7.64. The van der Waals surface area contributed by atoms with Gasteiger partial charge < -0.3 is 4.74 Å². The molecule has 0 N–H and O–H groups in total. The van der Waals surface area contributed by atoms with Crippen LogP contribution in [0.1, 0.15) is 18.1 Å². The minimum absolute atomic E-state index is 0.211. The third-order valence-electron chi connectivity index (χ3n) is 1.95. The summed E-state index contributed by atoms with van der Waals surface area (Å²) in [5.41, 5.74) is 1.99. The van der Waals surface area contributed by atoms with E-state index in [1.807, 2.05) is 31.2 Å². The molecule has 0 atom stereocenters. The molecule has 1 aromatic carbocycles. The van der Waals surface area contributed by atoms with Crippen LogP contribution in [0.25, 0.3) is 6.08 Å². The van der Waals surface area contributed by atoms with Gasteiger partial charge >= 0.3 is 5.97 Å². The van der Waals surface area contributed by atoms with E-state index >= 15 is 0 Å². The standard InChI is InChI=1S/C13H14O3/c1-3-16-13(15)12(14)8-7-11-6-4-5-10(2)9-11/h4-9H,3H2,1-2H3/b8-7+. The summed E-state index contributed by atoms with van der Waals surface area (Å²) in [6.45, 7) is 3.84. The first-order valence-electron chi connectivity index (χ1n) is 5.09. The summed E-state index contributed by atoms with van der Waals surface area (Å²) in [7, 11) is 0. The van der Waals surface area contributed by atoms with Crippen LogP contribution in [0.2, 0.25) is 0 Å². The first-order chi connectivity index (χ1) is 7.63. The largest absolute Gasteiger partial charge is 0.460 e. The van der Waals surface area contributed by atoms with Crippen molar-refractivity contribution in [2.24, 2.45) is 0 Å². The first-order valence-corrected chi connectivity index (χ1v) is 5.09. The first kappa shape index (κ1) is 12.2. The summed E-state index contributed by atoms with van der Waals surface area (Å²) in [5.74, 6) is -1.45. The Morgan fingerprint density at radius 1 is 1.38 bits per heavy atom. The van der Waals surface area contributed by atoms with E-state index in [2.05, 4.69) is 4.74 Å². The van der Waals surface area contributed by atoms with Gasteiger partial charge in [0, 0.05) is 0 Å². The molecule has 0 heterocycles. The highest BCUT2D eigenvalue weighted by Crippen LogP contribution is 2.05. The Morgan fingerprint density at radius 3 is 2.75 bits per heavy atom. The average Bonchev–Trinajstić information content (AvgIpc) is 2.26. The highest BCUT2D eigenvalue weighted by atomic mass is 16.5. The third-order valence-corrected chi connectivity index (χ3v) is 1.95. The number of carbonyl (C=O) groups is 2. The molecule has 3 nitrogen and oxygen atoms in total. The van der Waals surface area contributed by atoms with Crippen molar-refractivity contribution in [2.75, 3.05) is 6.61 Å². The van der Waals surface area contributed by atoms with Gasteiger partial charge in [-0.15, -0.1) is 0 Å². The van der Waals surface area contributed by atoms with Gasteiger partial charge in [-0.05, 0) is 25.5 Å². The molecule has 0 radical (unpaired) electrons. The summed E-state index contributed by atoms with van der Waals surface area (Å²) in [6.07, 6.45) is 2.83. The van der Waals surface area contributed by atoms with Gasteiger partial charge in [-0.1, -0.05) is 35.9 Å². The van der Waals surface area contributed by atoms with Gasteiger partial charge in [-0.2, -0.15) is 0 Å². The lowest BCUT2D eigenvalue weighted by molar-refractivity contribution is -0.151. The highest BCUT2D eigenvalue weighted by molar-refractivity contribution is 6.39. The van der Waals surface area contributed by atoms with Crippen LogP contribution < -0.4 is 0 Å². The fourth-order valence-electron chi connectivity index (χ4n) is 1.22. The molecule has 0 amide bonds. The lowest BCUT2D eigenvalue weighted by Crippen LogP contribution is -2.14. The molecule has 0 aromatic heterocycles. The number of aryl methyl sites for hydroxylation is 1. The zero-order valence-corrected chi connectivity index (χ0v) is 9.40. The molecular weight excluding hydrogens is 204 g/mol. The van der Waals surface area contributed by atoms with Gasteiger partial charge in [0.15, 0.2) is 0 Å². The van der Waals surface area contributed by atoms with Crippen LogP contribution in [-0.2, 0) is 14.3 Å². The van der Waals surface area contributed by atoms with E-state index in [0.717, 1.165) is 11.1 Å². The van der Waals surface area contributed by atoms with Crippen molar-refractivity contribution < 1.29 is 14.3 Å². The summed E-state index contributed by atoms with van der Waals surface area (Å²) < 4.78 is 4.58. The minimum Gasteiger partial charge on any atom is -0.460 e. The molecule has 3 heteroatoms. The van der Waals surface area contributed by atoms with Gasteiger partial charge in [0.1, 0.15) is 0 Å². The predicted octanol–water partition coefficient (Wildman–Crippen LogP) is 2.14. The monoisotopic (exact) mass is 218 g/mol. The third kappa shape index (κ3) is 3.69. The van der Waals surface area contributed by atoms with Crippen LogP contribution in [0.3, 0.4) is 0 Å². The maximum Gasteiger partial charge on any atom is 0.379 e. The molecule has 84 valence electrons. The molecule has 0 saturated carbocycles. The zero-order chi connectivity index (χ0) is 12.0. The highest BCUT2D eigenvalue weighted by Gasteiger charge is 2.09. The maximum absolute atomic E-state index is 11.2. The van der Waals surface area contributed by atoms with Gasteiger partial charge in [-0.25, -0.2) is 4.79 Å². The van der Waals surface area contributed by atoms with E-state index in [-0.39, 0.29) is 6.61 Å². The molecule has 0 fully saturated rings. The van der Waals surface area contributed by atoms with Crippen LogP contribution in [0.5, 0.6) is 0 Å². The van der Waals surface area contributed by atoms with Crippen LogP contribution in [0.15, 0.2) is 30.3 Å². The molecule has 0 aliphatic heterocycles. The second kappa shape index (κ2) is 5.85. The molecule has 0 unspecified atom stereocenters. The van der Waals surface area contributed by atoms with Crippen molar-refractivity contribution in [2.45, 2.75) is 13.8 Å². The average molecular weight is 218 g/mol. The number of hydrogen-bond donors (Lipinski definition) is 0. The molecule has 16 heavy (non-hydrogen) atoms. The second-order valence-electron chi connectivity index (χ2n) is 3.33. The number of rotatable bonds is 4. The maximum atomic E-state index is 11.2. The minimum atomic E-state index is -0.814. The number of carbonyl (C=O) groups excluding carboxylic acids is 2. The van der Waals surface area contributed by atoms with Crippen molar-refractivity contribution in [1.82, 2.24) is 0 Å². The Morgan fingerprint density at radius 2 is 2.12 bits per heavy atom. The molecule has 1 aromatic rings. The molecule has 1 rings (SSSR count). The van der Waals surface area contributed by atoms with Gasteiger partial charge in [0.05, 0.1) is 6.61 Å². The van der Waals surface area contributed by atoms with E-state index in [1.54, 1.807) is 13.0 Å². The SMILES string of the molecule is CCOC(=O)C(=O)/C=C/c1cccc(C)c1. The topological polar surface area (TPSA) is 43.4 Å². The van der Waals surface area contributed by atoms with Crippen molar-refractivity contribution in [3.63, 3.8) is 0 Å². The van der Waals surface area contributed by atoms with E-state index in [9.17, 15) is 9.59 Å². The fourth-order valence-corrected chi connectivity index (χ4v) is 1.22. The van der Waals surface area contributed by atoms with Crippen LogP contribution in [-0.4, -0.2) is 18.4 Å². The van der Waals surface area contributed by atoms with E-state index in [1.165, 1.54) is 6.08 Å². The Balaban J connectivity index is 2.67. The number of ether oxygens (including phenoxy) is 1. The Hall–Kier alpha value is -1.90. The number of ketones is 1. The fraction of sp³-hybridized carbons (Fsp3) is 0.231. The zero-order valence-electron chi connectivity index (χ0n) is 9.40. The van der Waals surface area contributed by atoms with Crippen molar-refractivity contribution in [1.29, 1.82) is 0 Å². The molecule has 0 bridgehead atoms. The van der Waals surface area contributed by atoms with E-state index < -0.39 is 11.8 Å². The molecule has 0 saturated heterocycles. The second-order valence-corrected chi connectivity index (χ2v) is 3.33. The normalized spacial score (nSPS) is 10.4. The van der Waals surface area contributed by atoms with Gasteiger partial charge in [0.25, 0.3) is 5.78 Å². The van der Waals surface area contributed by atoms with Crippen LogP contribution in [0.4, 0.5) is 0 Å². The Labute approximate surface area is 94.7 Å². The summed E-state index contributed by atoms with van der Waals surface area (Å²) >= 11 is 0. The van der Waals surface area contributed by atoms with Gasteiger partial charge in [-0.3, -0.25) is 4.79 Å². The molecular formula is C13H14O3. The van der Waals surface area contributed by atoms with E-state index in [0.29, 0.717) is 0 Å². The van der Waals surface area contributed by atoms with Crippen LogP contribution in [0, 0.1) is 6.92 Å². The number of hydrogen-bond acceptors (Lipinski definition) is 3. The summed E-state index contributed by atoms with van der Waals surface area (Å²) in [5, 5.41) is 0. The molecule has 0 spiro atoms. The van der Waals surface area contributed by atoms with Crippen molar-refractivity contribution >= 4 is 17.8 Å². The smallest absolute Gasteiger partial charge is 0.379 e. The predicted molar refractivity (Wildman–Crippen MR) is 61.9 cm³/mol. The van der Waals surface area contributed by atoms with Gasteiger partial charge in [0.2, 0.25) is 0 Å². The summed E-state index contributed by atoms with van der Waals surface area (Å²) in [4.78, 5) is 22.2. The quantitative estimate of drug-likeness (QED) is 0.442. The lowest BCUT2D eigenvalue weighted by atomic mass is 10.1. The Bertz CT molecular complexity index is 419. The van der Waals surface area contributed by atoms with Crippen molar-refractivity contribution in [3.05, 3.63) is 41.5 Å². The van der Waals surface area contributed by atoms with E-state index in [4.69, 9.17) is 0 Å². The molecule has 0 aliphatic rings. The van der Waals surface area contributed by atoms with Crippen LogP contribution >= 0.6 is 0 Å². The molecule has 0 aliphatic carbocycles. The Kier molecular flexibility index (Phi) is 4.45. The number of benzene rings is 1. The number of esters is 1.